The third-order valence-electron chi connectivity index (χ3n) is 3.86. The van der Waals surface area contributed by atoms with Gasteiger partial charge in [0.2, 0.25) is 0 Å². The molecule has 1 aromatic rings. The lowest BCUT2D eigenvalue weighted by Gasteiger charge is -2.49. The van der Waals surface area contributed by atoms with E-state index in [1.54, 1.807) is 6.07 Å². The second kappa shape index (κ2) is 4.68. The van der Waals surface area contributed by atoms with Gasteiger partial charge in [0.1, 0.15) is 5.82 Å². The smallest absolute Gasteiger partial charge is 0.124 e. The molecule has 96 valence electrons. The van der Waals surface area contributed by atoms with Gasteiger partial charge in [0.25, 0.3) is 0 Å². The van der Waals surface area contributed by atoms with Crippen molar-refractivity contribution < 1.29 is 9.50 Å². The first kappa shape index (κ1) is 13.0. The zero-order valence-electron chi connectivity index (χ0n) is 10.6. The largest absolute Gasteiger partial charge is 0.392 e. The minimum Gasteiger partial charge on any atom is -0.392 e. The van der Waals surface area contributed by atoms with Gasteiger partial charge in [-0.1, -0.05) is 13.8 Å². The Morgan fingerprint density at radius 3 is 2.78 bits per heavy atom. The fourth-order valence-electron chi connectivity index (χ4n) is 2.31. The number of hydrogen-bond donors (Lipinski definition) is 2. The summed E-state index contributed by atoms with van der Waals surface area (Å²) in [5, 5.41) is 21.7. The minimum atomic E-state index is -0.390. The molecule has 2 unspecified atom stereocenters. The molecule has 0 bridgehead atoms. The highest BCUT2D eigenvalue weighted by Crippen LogP contribution is 2.40. The van der Waals surface area contributed by atoms with Gasteiger partial charge in [-0.25, -0.2) is 4.39 Å². The van der Waals surface area contributed by atoms with E-state index in [2.05, 4.69) is 5.32 Å². The van der Waals surface area contributed by atoms with Crippen LogP contribution in [-0.4, -0.2) is 17.3 Å². The molecule has 4 heteroatoms. The Morgan fingerprint density at radius 1 is 1.50 bits per heavy atom. The lowest BCUT2D eigenvalue weighted by atomic mass is 9.64. The van der Waals surface area contributed by atoms with Crippen LogP contribution in [0, 0.1) is 22.6 Å². The van der Waals surface area contributed by atoms with E-state index in [4.69, 9.17) is 5.26 Å². The molecule has 0 heterocycles. The summed E-state index contributed by atoms with van der Waals surface area (Å²) in [4.78, 5) is 0. The highest BCUT2D eigenvalue weighted by Gasteiger charge is 2.46. The van der Waals surface area contributed by atoms with Gasteiger partial charge in [-0.2, -0.15) is 5.26 Å². The average molecular weight is 248 g/mol. The topological polar surface area (TPSA) is 56.0 Å². The van der Waals surface area contributed by atoms with E-state index in [-0.39, 0.29) is 17.6 Å². The molecule has 2 N–H and O–H groups in total. The van der Waals surface area contributed by atoms with Gasteiger partial charge in [0, 0.05) is 18.0 Å². The summed E-state index contributed by atoms with van der Waals surface area (Å²) in [6, 6.07) is 6.49. The van der Waals surface area contributed by atoms with Crippen LogP contribution in [0.3, 0.4) is 0 Å². The maximum Gasteiger partial charge on any atom is 0.124 e. The second-order valence-electron chi connectivity index (χ2n) is 5.47. The molecule has 0 saturated heterocycles. The standard InChI is InChI=1S/C14H17FN2O/c1-14(2)12(6-13(14)18)17-8-10-3-9(7-16)4-11(15)5-10/h3-5,12-13,17-18H,6,8H2,1-2H3. The van der Waals surface area contributed by atoms with Gasteiger partial charge in [0.15, 0.2) is 0 Å². The number of halogens is 1. The Balaban J connectivity index is 1.99. The van der Waals surface area contributed by atoms with Crippen LogP contribution in [0.2, 0.25) is 0 Å². The highest BCUT2D eigenvalue weighted by molar-refractivity contribution is 5.33. The molecule has 0 aromatic heterocycles. The number of aliphatic hydroxyl groups excluding tert-OH is 1. The summed E-state index contributed by atoms with van der Waals surface area (Å²) in [6.45, 7) is 4.52. The van der Waals surface area contributed by atoms with Crippen LogP contribution < -0.4 is 5.32 Å². The lowest BCUT2D eigenvalue weighted by Crippen LogP contribution is -2.59. The molecule has 1 fully saturated rings. The molecule has 1 aliphatic rings. The molecule has 1 aliphatic carbocycles. The van der Waals surface area contributed by atoms with Crippen molar-refractivity contribution in [2.45, 2.75) is 39.0 Å². The van der Waals surface area contributed by atoms with Crippen LogP contribution in [-0.2, 0) is 6.54 Å². The van der Waals surface area contributed by atoms with Crippen LogP contribution in [0.15, 0.2) is 18.2 Å². The molecular formula is C14H17FN2O. The monoisotopic (exact) mass is 248 g/mol. The third kappa shape index (κ3) is 2.38. The Bertz CT molecular complexity index is 493. The summed E-state index contributed by atoms with van der Waals surface area (Å²) in [5.41, 5.74) is 0.939. The fourth-order valence-corrected chi connectivity index (χ4v) is 2.31. The molecular weight excluding hydrogens is 231 g/mol. The predicted octanol–water partition coefficient (Wildman–Crippen LogP) is 1.95. The van der Waals surface area contributed by atoms with E-state index < -0.39 is 5.82 Å². The minimum absolute atomic E-state index is 0.147. The van der Waals surface area contributed by atoms with Crippen LogP contribution in [0.5, 0.6) is 0 Å². The van der Waals surface area contributed by atoms with Gasteiger partial charge in [-0.15, -0.1) is 0 Å². The normalized spacial score (nSPS) is 25.3. The van der Waals surface area contributed by atoms with Crippen molar-refractivity contribution in [3.8, 4) is 6.07 Å². The summed E-state index contributed by atoms with van der Waals surface area (Å²) in [5.74, 6) is -0.390. The molecule has 1 saturated carbocycles. The van der Waals surface area contributed by atoms with Crippen molar-refractivity contribution in [2.75, 3.05) is 0 Å². The highest BCUT2D eigenvalue weighted by atomic mass is 19.1. The Kier molecular flexibility index (Phi) is 3.38. The lowest BCUT2D eigenvalue weighted by molar-refractivity contribution is -0.0729. The third-order valence-corrected chi connectivity index (χ3v) is 3.86. The average Bonchev–Trinajstić information content (AvgIpc) is 2.33. The van der Waals surface area contributed by atoms with Crippen LogP contribution in [0.1, 0.15) is 31.4 Å². The molecule has 3 nitrogen and oxygen atoms in total. The number of rotatable bonds is 3. The Hall–Kier alpha value is -1.44. The van der Waals surface area contributed by atoms with E-state index in [9.17, 15) is 9.50 Å². The summed E-state index contributed by atoms with van der Waals surface area (Å²) >= 11 is 0. The molecule has 0 aliphatic heterocycles. The van der Waals surface area contributed by atoms with Gasteiger partial charge < -0.3 is 10.4 Å². The first-order chi connectivity index (χ1) is 8.43. The number of nitrogens with zero attached hydrogens (tertiary/aromatic N) is 1. The first-order valence-corrected chi connectivity index (χ1v) is 6.04. The number of nitriles is 1. The zero-order valence-corrected chi connectivity index (χ0v) is 10.6. The van der Waals surface area contributed by atoms with Crippen molar-refractivity contribution in [3.05, 3.63) is 35.1 Å². The SMILES string of the molecule is CC1(C)C(O)CC1NCc1cc(F)cc(C#N)c1. The number of hydrogen-bond acceptors (Lipinski definition) is 3. The maximum atomic E-state index is 13.2. The molecule has 2 rings (SSSR count). The molecule has 0 amide bonds. The van der Waals surface area contributed by atoms with Crippen LogP contribution >= 0.6 is 0 Å². The number of nitrogens with one attached hydrogen (secondary N) is 1. The maximum absolute atomic E-state index is 13.2. The molecule has 2 atom stereocenters. The Morgan fingerprint density at radius 2 is 2.22 bits per heavy atom. The van der Waals surface area contributed by atoms with Crippen molar-refractivity contribution >= 4 is 0 Å². The molecule has 1 aromatic carbocycles. The molecule has 18 heavy (non-hydrogen) atoms. The van der Waals surface area contributed by atoms with Gasteiger partial charge in [-0.05, 0) is 30.2 Å². The summed E-state index contributed by atoms with van der Waals surface area (Å²) < 4.78 is 13.2. The Labute approximate surface area is 106 Å². The fraction of sp³-hybridized carbons (Fsp3) is 0.500. The molecule has 0 radical (unpaired) electrons. The first-order valence-electron chi connectivity index (χ1n) is 6.04. The van der Waals surface area contributed by atoms with Gasteiger partial charge >= 0.3 is 0 Å². The van der Waals surface area contributed by atoms with E-state index >= 15 is 0 Å². The molecule has 0 spiro atoms. The quantitative estimate of drug-likeness (QED) is 0.859. The number of benzene rings is 1. The van der Waals surface area contributed by atoms with E-state index in [1.165, 1.54) is 12.1 Å². The van der Waals surface area contributed by atoms with Crippen molar-refractivity contribution in [1.82, 2.24) is 5.32 Å². The van der Waals surface area contributed by atoms with Gasteiger partial charge in [-0.3, -0.25) is 0 Å². The summed E-state index contributed by atoms with van der Waals surface area (Å²) in [6.07, 6.45) is 0.435. The van der Waals surface area contributed by atoms with Crippen molar-refractivity contribution in [1.29, 1.82) is 5.26 Å². The van der Waals surface area contributed by atoms with E-state index in [0.29, 0.717) is 18.5 Å². The van der Waals surface area contributed by atoms with Crippen LogP contribution in [0.25, 0.3) is 0 Å². The van der Waals surface area contributed by atoms with E-state index in [1.807, 2.05) is 19.9 Å². The second-order valence-corrected chi connectivity index (χ2v) is 5.47. The van der Waals surface area contributed by atoms with E-state index in [0.717, 1.165) is 5.56 Å². The van der Waals surface area contributed by atoms with Crippen molar-refractivity contribution in [3.63, 3.8) is 0 Å². The zero-order chi connectivity index (χ0) is 13.3. The predicted molar refractivity (Wildman–Crippen MR) is 66.1 cm³/mol. The summed E-state index contributed by atoms with van der Waals surface area (Å²) in [7, 11) is 0. The van der Waals surface area contributed by atoms with Crippen molar-refractivity contribution in [2.24, 2.45) is 5.41 Å². The number of aliphatic hydroxyl groups is 1. The van der Waals surface area contributed by atoms with Gasteiger partial charge in [0.05, 0.1) is 17.7 Å². The van der Waals surface area contributed by atoms with Crippen LogP contribution in [0.4, 0.5) is 4.39 Å².